The standard InChI is InChI=1S/C20H18FN3O3S/c1-27-16-4-2-3-13(11-16)12-22-20(26)24-23-19(25)18-10-9-17(28-18)14-5-7-15(21)8-6-14/h2-11H,12H2,1H3,(H,23,25)(H2,22,24,26). The molecular formula is C20H18FN3O3S. The zero-order valence-corrected chi connectivity index (χ0v) is 15.8. The maximum Gasteiger partial charge on any atom is 0.333 e. The van der Waals surface area contributed by atoms with Crippen molar-refractivity contribution < 1.29 is 18.7 Å². The summed E-state index contributed by atoms with van der Waals surface area (Å²) in [6.45, 7) is 0.284. The average molecular weight is 399 g/mol. The number of halogens is 1. The summed E-state index contributed by atoms with van der Waals surface area (Å²) >= 11 is 1.25. The van der Waals surface area contributed by atoms with Gasteiger partial charge in [0.2, 0.25) is 0 Å². The lowest BCUT2D eigenvalue weighted by molar-refractivity contribution is 0.0940. The van der Waals surface area contributed by atoms with Crippen LogP contribution in [0.25, 0.3) is 10.4 Å². The fourth-order valence-electron chi connectivity index (χ4n) is 2.41. The second-order valence-electron chi connectivity index (χ2n) is 5.78. The van der Waals surface area contributed by atoms with Crippen molar-refractivity contribution in [2.24, 2.45) is 0 Å². The van der Waals surface area contributed by atoms with Crippen molar-refractivity contribution in [3.8, 4) is 16.2 Å². The minimum Gasteiger partial charge on any atom is -0.497 e. The lowest BCUT2D eigenvalue weighted by Gasteiger charge is -2.09. The highest BCUT2D eigenvalue weighted by atomic mass is 32.1. The van der Waals surface area contributed by atoms with E-state index in [1.165, 1.54) is 23.5 Å². The van der Waals surface area contributed by atoms with Gasteiger partial charge in [-0.25, -0.2) is 14.6 Å². The topological polar surface area (TPSA) is 79.5 Å². The molecule has 0 spiro atoms. The molecule has 3 N–H and O–H groups in total. The molecule has 0 radical (unpaired) electrons. The van der Waals surface area contributed by atoms with Crippen molar-refractivity contribution in [1.29, 1.82) is 0 Å². The maximum absolute atomic E-state index is 13.0. The Labute approximate surface area is 165 Å². The van der Waals surface area contributed by atoms with E-state index in [0.717, 1.165) is 16.0 Å². The van der Waals surface area contributed by atoms with Gasteiger partial charge in [0.05, 0.1) is 12.0 Å². The Bertz CT molecular complexity index is 973. The summed E-state index contributed by atoms with van der Waals surface area (Å²) in [5.74, 6) is -0.0556. The van der Waals surface area contributed by atoms with E-state index >= 15 is 0 Å². The van der Waals surface area contributed by atoms with Gasteiger partial charge < -0.3 is 10.1 Å². The predicted molar refractivity (Wildman–Crippen MR) is 106 cm³/mol. The van der Waals surface area contributed by atoms with E-state index < -0.39 is 11.9 Å². The van der Waals surface area contributed by atoms with Crippen LogP contribution in [-0.2, 0) is 6.54 Å². The summed E-state index contributed by atoms with van der Waals surface area (Å²) in [6.07, 6.45) is 0. The van der Waals surface area contributed by atoms with E-state index in [4.69, 9.17) is 4.74 Å². The van der Waals surface area contributed by atoms with E-state index in [-0.39, 0.29) is 12.4 Å². The SMILES string of the molecule is COc1cccc(CNC(=O)NNC(=O)c2ccc(-c3ccc(F)cc3)s2)c1. The van der Waals surface area contributed by atoms with Crippen LogP contribution < -0.4 is 20.9 Å². The summed E-state index contributed by atoms with van der Waals surface area (Å²) in [5, 5.41) is 2.64. The van der Waals surface area contributed by atoms with Crippen molar-refractivity contribution in [3.05, 3.63) is 76.9 Å². The van der Waals surface area contributed by atoms with Crippen LogP contribution in [0.15, 0.2) is 60.7 Å². The number of rotatable bonds is 5. The molecule has 3 amide bonds. The number of benzene rings is 2. The number of carbonyl (C=O) groups excluding carboxylic acids is 2. The number of carbonyl (C=O) groups is 2. The first-order valence-electron chi connectivity index (χ1n) is 8.38. The van der Waals surface area contributed by atoms with Gasteiger partial charge in [0, 0.05) is 11.4 Å². The van der Waals surface area contributed by atoms with Gasteiger partial charge in [-0.3, -0.25) is 10.2 Å². The number of amides is 3. The van der Waals surface area contributed by atoms with Crippen LogP contribution in [0, 0.1) is 5.82 Å². The third-order valence-corrected chi connectivity index (χ3v) is 4.97. The van der Waals surface area contributed by atoms with Gasteiger partial charge in [-0.15, -0.1) is 11.3 Å². The minimum atomic E-state index is -0.536. The average Bonchev–Trinajstić information content (AvgIpc) is 3.21. The largest absolute Gasteiger partial charge is 0.497 e. The lowest BCUT2D eigenvalue weighted by atomic mass is 10.2. The van der Waals surface area contributed by atoms with Crippen molar-refractivity contribution in [2.75, 3.05) is 7.11 Å². The first kappa shape index (κ1) is 19.4. The number of hydrazine groups is 1. The molecule has 28 heavy (non-hydrogen) atoms. The van der Waals surface area contributed by atoms with Gasteiger partial charge in [0.15, 0.2) is 0 Å². The fraction of sp³-hybridized carbons (Fsp3) is 0.100. The monoisotopic (exact) mass is 399 g/mol. The molecule has 0 saturated heterocycles. The maximum atomic E-state index is 13.0. The van der Waals surface area contributed by atoms with Gasteiger partial charge in [0.25, 0.3) is 5.91 Å². The van der Waals surface area contributed by atoms with Crippen LogP contribution in [0.1, 0.15) is 15.2 Å². The van der Waals surface area contributed by atoms with E-state index in [1.54, 1.807) is 31.4 Å². The number of hydrogen-bond donors (Lipinski definition) is 3. The van der Waals surface area contributed by atoms with Crippen LogP contribution in [0.2, 0.25) is 0 Å². The smallest absolute Gasteiger partial charge is 0.333 e. The fourth-order valence-corrected chi connectivity index (χ4v) is 3.32. The van der Waals surface area contributed by atoms with Crippen molar-refractivity contribution in [2.45, 2.75) is 6.54 Å². The molecule has 0 aliphatic rings. The van der Waals surface area contributed by atoms with Crippen molar-refractivity contribution >= 4 is 23.3 Å². The quantitative estimate of drug-likeness (QED) is 0.572. The Balaban J connectivity index is 1.49. The van der Waals surface area contributed by atoms with Gasteiger partial charge in [-0.1, -0.05) is 24.3 Å². The summed E-state index contributed by atoms with van der Waals surface area (Å²) in [4.78, 5) is 25.3. The predicted octanol–water partition coefficient (Wildman–Crippen LogP) is 3.71. The zero-order valence-electron chi connectivity index (χ0n) is 15.0. The molecule has 3 rings (SSSR count). The van der Waals surface area contributed by atoms with Crippen LogP contribution in [-0.4, -0.2) is 19.0 Å². The van der Waals surface area contributed by atoms with Gasteiger partial charge in [-0.2, -0.15) is 0 Å². The van der Waals surface area contributed by atoms with Crippen molar-refractivity contribution in [3.63, 3.8) is 0 Å². The minimum absolute atomic E-state index is 0.284. The molecule has 0 aliphatic carbocycles. The second kappa shape index (κ2) is 9.01. The normalized spacial score (nSPS) is 10.2. The molecule has 0 aliphatic heterocycles. The molecule has 1 aromatic heterocycles. The number of nitrogens with one attached hydrogen (secondary N) is 3. The van der Waals surface area contributed by atoms with E-state index in [0.29, 0.717) is 10.6 Å². The third-order valence-electron chi connectivity index (χ3n) is 3.84. The number of hydrogen-bond acceptors (Lipinski definition) is 4. The van der Waals surface area contributed by atoms with Crippen LogP contribution in [0.3, 0.4) is 0 Å². The summed E-state index contributed by atoms with van der Waals surface area (Å²) in [6, 6.07) is 16.2. The molecule has 0 fully saturated rings. The molecule has 0 unspecified atom stereocenters. The summed E-state index contributed by atoms with van der Waals surface area (Å²) in [7, 11) is 1.57. The molecule has 0 bridgehead atoms. The first-order chi connectivity index (χ1) is 13.5. The number of thiophene rings is 1. The highest BCUT2D eigenvalue weighted by molar-refractivity contribution is 7.17. The van der Waals surface area contributed by atoms with Gasteiger partial charge in [0.1, 0.15) is 11.6 Å². The Morgan fingerprint density at radius 1 is 1.04 bits per heavy atom. The van der Waals surface area contributed by atoms with E-state index in [9.17, 15) is 14.0 Å². The number of urea groups is 1. The Kier molecular flexibility index (Phi) is 6.23. The molecule has 2 aromatic carbocycles. The van der Waals surface area contributed by atoms with E-state index in [1.807, 2.05) is 24.3 Å². The van der Waals surface area contributed by atoms with Crippen molar-refractivity contribution in [1.82, 2.24) is 16.2 Å². The molecular weight excluding hydrogens is 381 g/mol. The molecule has 8 heteroatoms. The Morgan fingerprint density at radius 3 is 2.57 bits per heavy atom. The Hall–Kier alpha value is -3.39. The van der Waals surface area contributed by atoms with Gasteiger partial charge >= 0.3 is 6.03 Å². The molecule has 144 valence electrons. The van der Waals surface area contributed by atoms with Gasteiger partial charge in [-0.05, 0) is 47.5 Å². The molecule has 0 saturated carbocycles. The van der Waals surface area contributed by atoms with Crippen LogP contribution in [0.4, 0.5) is 9.18 Å². The van der Waals surface area contributed by atoms with E-state index in [2.05, 4.69) is 16.2 Å². The number of ether oxygens (including phenoxy) is 1. The lowest BCUT2D eigenvalue weighted by Crippen LogP contribution is -2.46. The highest BCUT2D eigenvalue weighted by Crippen LogP contribution is 2.28. The molecule has 3 aromatic rings. The number of methoxy groups -OCH3 is 1. The third kappa shape index (κ3) is 5.08. The molecule has 6 nitrogen and oxygen atoms in total. The summed E-state index contributed by atoms with van der Waals surface area (Å²) in [5.41, 5.74) is 6.35. The van der Waals surface area contributed by atoms with Crippen LogP contribution in [0.5, 0.6) is 5.75 Å². The first-order valence-corrected chi connectivity index (χ1v) is 9.19. The Morgan fingerprint density at radius 2 is 1.82 bits per heavy atom. The summed E-state index contributed by atoms with van der Waals surface area (Å²) < 4.78 is 18.1. The second-order valence-corrected chi connectivity index (χ2v) is 6.87. The molecule has 1 heterocycles. The van der Waals surface area contributed by atoms with Crippen LogP contribution >= 0.6 is 11.3 Å². The highest BCUT2D eigenvalue weighted by Gasteiger charge is 2.11. The molecule has 0 atom stereocenters. The zero-order chi connectivity index (χ0) is 19.9.